The minimum absolute atomic E-state index is 0.107. The molecule has 1 heterocycles. The van der Waals surface area contributed by atoms with Crippen LogP contribution >= 0.6 is 0 Å². The van der Waals surface area contributed by atoms with Crippen LogP contribution in [0.5, 0.6) is 0 Å². The molecular formula is C12H15N3O2. The fourth-order valence-electron chi connectivity index (χ4n) is 1.49. The molecule has 0 atom stereocenters. The van der Waals surface area contributed by atoms with Crippen molar-refractivity contribution in [2.45, 2.75) is 13.3 Å². The Morgan fingerprint density at radius 3 is 3.00 bits per heavy atom. The molecule has 0 fully saturated rings. The molecule has 0 aliphatic heterocycles. The quantitative estimate of drug-likeness (QED) is 0.718. The number of anilines is 1. The van der Waals surface area contributed by atoms with Gasteiger partial charge in [-0.3, -0.25) is 4.79 Å². The third kappa shape index (κ3) is 3.45. The molecule has 0 radical (unpaired) electrons. The van der Waals surface area contributed by atoms with E-state index in [2.05, 4.69) is 15.8 Å². The Morgan fingerprint density at radius 1 is 1.65 bits per heavy atom. The molecule has 0 spiro atoms. The predicted molar refractivity (Wildman–Crippen MR) is 63.5 cm³/mol. The lowest BCUT2D eigenvalue weighted by Gasteiger charge is -2.22. The van der Waals surface area contributed by atoms with Crippen molar-refractivity contribution in [2.75, 3.05) is 25.1 Å². The van der Waals surface area contributed by atoms with E-state index in [0.717, 1.165) is 6.42 Å². The molecule has 90 valence electrons. The molecule has 0 unspecified atom stereocenters. The van der Waals surface area contributed by atoms with Gasteiger partial charge in [0.25, 0.3) is 0 Å². The number of nitrogens with zero attached hydrogens (tertiary/aromatic N) is 3. The standard InChI is InChI=1S/C12H15N3O2/c1-3-7-15(9-11(16)17-2)12-10(8-13)5-4-6-14-12/h4-6H,3,7,9H2,1-2H3. The summed E-state index contributed by atoms with van der Waals surface area (Å²) in [6.07, 6.45) is 2.47. The molecule has 0 aromatic carbocycles. The van der Waals surface area contributed by atoms with E-state index in [-0.39, 0.29) is 12.5 Å². The molecular weight excluding hydrogens is 218 g/mol. The third-order valence-corrected chi connectivity index (χ3v) is 2.25. The molecule has 1 rings (SSSR count). The van der Waals surface area contributed by atoms with Crippen molar-refractivity contribution in [3.63, 3.8) is 0 Å². The second-order valence-electron chi connectivity index (χ2n) is 3.48. The smallest absolute Gasteiger partial charge is 0.325 e. The maximum Gasteiger partial charge on any atom is 0.325 e. The summed E-state index contributed by atoms with van der Waals surface area (Å²) in [5, 5.41) is 8.99. The van der Waals surface area contributed by atoms with Gasteiger partial charge in [0, 0.05) is 12.7 Å². The Labute approximate surface area is 101 Å². The summed E-state index contributed by atoms with van der Waals surface area (Å²) in [6, 6.07) is 5.45. The Hall–Kier alpha value is -2.09. The average Bonchev–Trinajstić information content (AvgIpc) is 2.38. The molecule has 0 aliphatic rings. The lowest BCUT2D eigenvalue weighted by Crippen LogP contribution is -2.32. The number of carbonyl (C=O) groups is 1. The number of hydrogen-bond donors (Lipinski definition) is 0. The second kappa shape index (κ2) is 6.48. The fourth-order valence-corrected chi connectivity index (χ4v) is 1.49. The van der Waals surface area contributed by atoms with Crippen LogP contribution < -0.4 is 4.90 Å². The van der Waals surface area contributed by atoms with Gasteiger partial charge in [-0.05, 0) is 18.6 Å². The molecule has 1 aromatic heterocycles. The van der Waals surface area contributed by atoms with Crippen molar-refractivity contribution in [1.82, 2.24) is 4.98 Å². The number of hydrogen-bond acceptors (Lipinski definition) is 5. The zero-order valence-corrected chi connectivity index (χ0v) is 10.0. The van der Waals surface area contributed by atoms with Crippen molar-refractivity contribution < 1.29 is 9.53 Å². The highest BCUT2D eigenvalue weighted by Crippen LogP contribution is 2.16. The molecule has 17 heavy (non-hydrogen) atoms. The molecule has 0 amide bonds. The number of pyridine rings is 1. The summed E-state index contributed by atoms with van der Waals surface area (Å²) >= 11 is 0. The van der Waals surface area contributed by atoms with Crippen LogP contribution in [0.25, 0.3) is 0 Å². The first-order valence-corrected chi connectivity index (χ1v) is 5.39. The first kappa shape index (κ1) is 13.0. The van der Waals surface area contributed by atoms with E-state index in [0.29, 0.717) is 17.9 Å². The topological polar surface area (TPSA) is 66.2 Å². The highest BCUT2D eigenvalue weighted by atomic mass is 16.5. The molecule has 0 N–H and O–H groups in total. The van der Waals surface area contributed by atoms with Crippen LogP contribution in [0.4, 0.5) is 5.82 Å². The third-order valence-electron chi connectivity index (χ3n) is 2.25. The first-order valence-electron chi connectivity index (χ1n) is 5.39. The number of aromatic nitrogens is 1. The highest BCUT2D eigenvalue weighted by molar-refractivity contribution is 5.76. The van der Waals surface area contributed by atoms with E-state index in [1.54, 1.807) is 23.2 Å². The minimum atomic E-state index is -0.340. The summed E-state index contributed by atoms with van der Waals surface area (Å²) in [4.78, 5) is 17.2. The largest absolute Gasteiger partial charge is 0.468 e. The number of rotatable bonds is 5. The zero-order chi connectivity index (χ0) is 12.7. The van der Waals surface area contributed by atoms with Gasteiger partial charge in [0.05, 0.1) is 12.7 Å². The monoisotopic (exact) mass is 233 g/mol. The lowest BCUT2D eigenvalue weighted by atomic mass is 10.2. The van der Waals surface area contributed by atoms with Crippen LogP contribution in [-0.2, 0) is 9.53 Å². The van der Waals surface area contributed by atoms with Crippen molar-refractivity contribution in [2.24, 2.45) is 0 Å². The number of esters is 1. The Bertz CT molecular complexity index is 426. The van der Waals surface area contributed by atoms with E-state index in [4.69, 9.17) is 5.26 Å². The van der Waals surface area contributed by atoms with Gasteiger partial charge in [0.2, 0.25) is 0 Å². The van der Waals surface area contributed by atoms with Crippen LogP contribution in [0.15, 0.2) is 18.3 Å². The maximum absolute atomic E-state index is 11.3. The molecule has 0 aliphatic carbocycles. The molecule has 0 saturated heterocycles. The summed E-state index contributed by atoms with van der Waals surface area (Å²) < 4.78 is 4.63. The highest BCUT2D eigenvalue weighted by Gasteiger charge is 2.15. The average molecular weight is 233 g/mol. The van der Waals surface area contributed by atoms with E-state index in [1.165, 1.54) is 7.11 Å². The number of ether oxygens (including phenoxy) is 1. The van der Waals surface area contributed by atoms with Gasteiger partial charge in [0.15, 0.2) is 0 Å². The SMILES string of the molecule is CCCN(CC(=O)OC)c1ncccc1C#N. The molecule has 5 heteroatoms. The van der Waals surface area contributed by atoms with Gasteiger partial charge in [-0.1, -0.05) is 6.92 Å². The Balaban J connectivity index is 2.97. The van der Waals surface area contributed by atoms with Crippen molar-refractivity contribution >= 4 is 11.8 Å². The summed E-state index contributed by atoms with van der Waals surface area (Å²) in [5.74, 6) is 0.190. The Morgan fingerprint density at radius 2 is 2.41 bits per heavy atom. The first-order chi connectivity index (χ1) is 8.22. The van der Waals surface area contributed by atoms with Crippen LogP contribution in [0.3, 0.4) is 0 Å². The van der Waals surface area contributed by atoms with Gasteiger partial charge in [-0.25, -0.2) is 4.98 Å². The molecule has 0 bridgehead atoms. The van der Waals surface area contributed by atoms with Crippen LogP contribution in [0.2, 0.25) is 0 Å². The summed E-state index contributed by atoms with van der Waals surface area (Å²) in [6.45, 7) is 2.76. The van der Waals surface area contributed by atoms with E-state index in [9.17, 15) is 4.79 Å². The van der Waals surface area contributed by atoms with Gasteiger partial charge < -0.3 is 9.64 Å². The van der Waals surface area contributed by atoms with Crippen molar-refractivity contribution in [3.05, 3.63) is 23.9 Å². The van der Waals surface area contributed by atoms with Crippen LogP contribution in [0, 0.1) is 11.3 Å². The molecule has 5 nitrogen and oxygen atoms in total. The van der Waals surface area contributed by atoms with Gasteiger partial charge in [0.1, 0.15) is 18.4 Å². The molecule has 0 saturated carbocycles. The van der Waals surface area contributed by atoms with E-state index < -0.39 is 0 Å². The van der Waals surface area contributed by atoms with Crippen LogP contribution in [0.1, 0.15) is 18.9 Å². The van der Waals surface area contributed by atoms with Crippen molar-refractivity contribution in [3.8, 4) is 6.07 Å². The molecule has 1 aromatic rings. The van der Waals surface area contributed by atoms with Gasteiger partial charge in [-0.15, -0.1) is 0 Å². The normalized spacial score (nSPS) is 9.47. The summed E-state index contributed by atoms with van der Waals surface area (Å²) in [5.41, 5.74) is 0.463. The maximum atomic E-state index is 11.3. The van der Waals surface area contributed by atoms with E-state index >= 15 is 0 Å². The number of methoxy groups -OCH3 is 1. The van der Waals surface area contributed by atoms with Gasteiger partial charge >= 0.3 is 5.97 Å². The predicted octanol–water partition coefficient (Wildman–Crippen LogP) is 1.34. The second-order valence-corrected chi connectivity index (χ2v) is 3.48. The van der Waals surface area contributed by atoms with Crippen molar-refractivity contribution in [1.29, 1.82) is 5.26 Å². The number of carbonyl (C=O) groups excluding carboxylic acids is 1. The van der Waals surface area contributed by atoms with Crippen LogP contribution in [-0.4, -0.2) is 31.2 Å². The zero-order valence-electron chi connectivity index (χ0n) is 10.0. The Kier molecular flexibility index (Phi) is 4.95. The fraction of sp³-hybridized carbons (Fsp3) is 0.417. The van der Waals surface area contributed by atoms with E-state index in [1.807, 2.05) is 6.92 Å². The van der Waals surface area contributed by atoms with Gasteiger partial charge in [-0.2, -0.15) is 5.26 Å². The summed E-state index contributed by atoms with van der Waals surface area (Å²) in [7, 11) is 1.34. The lowest BCUT2D eigenvalue weighted by molar-refractivity contribution is -0.138. The minimum Gasteiger partial charge on any atom is -0.468 e. The number of nitriles is 1.